The summed E-state index contributed by atoms with van der Waals surface area (Å²) in [6.07, 6.45) is 10.4. The molecule has 2 aromatic heterocycles. The van der Waals surface area contributed by atoms with Gasteiger partial charge in [0.05, 0.1) is 5.56 Å². The summed E-state index contributed by atoms with van der Waals surface area (Å²) in [5.41, 5.74) is 0.551. The van der Waals surface area contributed by atoms with E-state index >= 15 is 0 Å². The fourth-order valence-corrected chi connectivity index (χ4v) is 2.40. The third-order valence-corrected chi connectivity index (χ3v) is 3.84. The molecular weight excluding hydrogens is 306 g/mol. The summed E-state index contributed by atoms with van der Waals surface area (Å²) < 4.78 is 1.72. The number of nitrogens with zero attached hydrogens (tertiary/aromatic N) is 6. The average Bonchev–Trinajstić information content (AvgIpc) is 3.24. The summed E-state index contributed by atoms with van der Waals surface area (Å²) in [4.78, 5) is 16.8. The van der Waals surface area contributed by atoms with Crippen LogP contribution in [0.3, 0.4) is 0 Å². The van der Waals surface area contributed by atoms with Gasteiger partial charge < -0.3 is 9.88 Å². The van der Waals surface area contributed by atoms with Crippen LogP contribution >= 0.6 is 0 Å². The molecule has 0 atom stereocenters. The van der Waals surface area contributed by atoms with E-state index in [2.05, 4.69) is 36.6 Å². The zero-order valence-electron chi connectivity index (χ0n) is 13.3. The molecule has 122 valence electrons. The maximum Gasteiger partial charge on any atom is 0.253 e. The number of nitrogens with one attached hydrogen (secondary N) is 1. The normalized spacial score (nSPS) is 14.2. The van der Waals surface area contributed by atoms with Crippen LogP contribution in [0.25, 0.3) is 11.5 Å². The van der Waals surface area contributed by atoms with Gasteiger partial charge in [0, 0.05) is 39.1 Å². The third kappa shape index (κ3) is 3.30. The molecule has 1 N–H and O–H groups in total. The lowest BCUT2D eigenvalue weighted by Gasteiger charge is -2.11. The number of hydrogen-bond acceptors (Lipinski definition) is 6. The number of aromatic nitrogens is 4. The average molecular weight is 323 g/mol. The van der Waals surface area contributed by atoms with Crippen molar-refractivity contribution in [2.24, 2.45) is 17.3 Å². The molecule has 8 nitrogen and oxygen atoms in total. The molecular formula is C16H17N7O. The first kappa shape index (κ1) is 15.8. The quantitative estimate of drug-likeness (QED) is 0.782. The van der Waals surface area contributed by atoms with Gasteiger partial charge in [0.2, 0.25) is 0 Å². The second-order valence-electron chi connectivity index (χ2n) is 5.56. The van der Waals surface area contributed by atoms with E-state index in [9.17, 15) is 4.79 Å². The fourth-order valence-electron chi connectivity index (χ4n) is 2.40. The number of carbonyl (C=O) groups is 1. The van der Waals surface area contributed by atoms with Crippen LogP contribution in [0, 0.1) is 12.3 Å². The molecule has 0 aliphatic carbocycles. The van der Waals surface area contributed by atoms with Crippen LogP contribution in [0.1, 0.15) is 29.6 Å². The summed E-state index contributed by atoms with van der Waals surface area (Å²) in [6.45, 7) is 0.462. The highest BCUT2D eigenvalue weighted by atomic mass is 16.1. The van der Waals surface area contributed by atoms with E-state index in [0.29, 0.717) is 36.5 Å². The van der Waals surface area contributed by atoms with Crippen LogP contribution in [0.15, 0.2) is 34.9 Å². The monoisotopic (exact) mass is 323 g/mol. The standard InChI is InChI=1S/C16H17N7O/c1-3-4-7-16(21-22-16)8-10-18-15(24)12-6-5-9-17-13(12)14-20-19-11-23(14)2/h1,5-6,9,11H,4,7-8,10H2,2H3,(H,18,24). The minimum Gasteiger partial charge on any atom is -0.352 e. The highest BCUT2D eigenvalue weighted by Crippen LogP contribution is 2.36. The Morgan fingerprint density at radius 1 is 1.42 bits per heavy atom. The Bertz CT molecular complexity index is 812. The lowest BCUT2D eigenvalue weighted by Crippen LogP contribution is -2.29. The molecule has 0 unspecified atom stereocenters. The maximum absolute atomic E-state index is 12.5. The number of rotatable bonds is 7. The van der Waals surface area contributed by atoms with Gasteiger partial charge in [-0.25, -0.2) is 0 Å². The zero-order valence-corrected chi connectivity index (χ0v) is 13.3. The minimum absolute atomic E-state index is 0.214. The predicted octanol–water partition coefficient (Wildman–Crippen LogP) is 1.57. The summed E-state index contributed by atoms with van der Waals surface area (Å²) in [5, 5.41) is 18.8. The molecule has 3 heterocycles. The molecule has 1 amide bonds. The summed E-state index contributed by atoms with van der Waals surface area (Å²) in [6, 6.07) is 3.43. The van der Waals surface area contributed by atoms with Crippen molar-refractivity contribution in [3.05, 3.63) is 30.2 Å². The van der Waals surface area contributed by atoms with Crippen molar-refractivity contribution in [3.8, 4) is 23.9 Å². The van der Waals surface area contributed by atoms with Gasteiger partial charge in [0.25, 0.3) is 5.91 Å². The third-order valence-electron chi connectivity index (χ3n) is 3.84. The largest absolute Gasteiger partial charge is 0.352 e. The Morgan fingerprint density at radius 3 is 2.92 bits per heavy atom. The Balaban J connectivity index is 1.64. The maximum atomic E-state index is 12.5. The summed E-state index contributed by atoms with van der Waals surface area (Å²) in [7, 11) is 1.80. The molecule has 3 rings (SSSR count). The Labute approximate surface area is 139 Å². The van der Waals surface area contributed by atoms with Crippen LogP contribution in [-0.2, 0) is 7.05 Å². The van der Waals surface area contributed by atoms with Gasteiger partial charge in [-0.1, -0.05) is 0 Å². The molecule has 0 radical (unpaired) electrons. The van der Waals surface area contributed by atoms with E-state index in [0.717, 1.165) is 6.42 Å². The minimum atomic E-state index is -0.402. The van der Waals surface area contributed by atoms with Gasteiger partial charge in [-0.2, -0.15) is 10.2 Å². The highest BCUT2D eigenvalue weighted by Gasteiger charge is 2.38. The zero-order chi connectivity index (χ0) is 17.0. The van der Waals surface area contributed by atoms with E-state index in [1.165, 1.54) is 0 Å². The number of hydrogen-bond donors (Lipinski definition) is 1. The van der Waals surface area contributed by atoms with E-state index in [-0.39, 0.29) is 5.91 Å². The molecule has 24 heavy (non-hydrogen) atoms. The van der Waals surface area contributed by atoms with E-state index < -0.39 is 5.66 Å². The molecule has 0 spiro atoms. The first-order valence-corrected chi connectivity index (χ1v) is 7.60. The predicted molar refractivity (Wildman–Crippen MR) is 86.8 cm³/mol. The number of carbonyl (C=O) groups excluding carboxylic acids is 1. The second-order valence-corrected chi connectivity index (χ2v) is 5.56. The topological polar surface area (TPSA) is 97.4 Å². The smallest absolute Gasteiger partial charge is 0.253 e. The number of terminal acetylenes is 1. The van der Waals surface area contributed by atoms with Crippen molar-refractivity contribution in [1.29, 1.82) is 0 Å². The number of pyridine rings is 1. The van der Waals surface area contributed by atoms with Gasteiger partial charge in [-0.15, -0.1) is 22.5 Å². The molecule has 0 aromatic carbocycles. The number of amides is 1. The van der Waals surface area contributed by atoms with Gasteiger partial charge in [0.15, 0.2) is 11.5 Å². The van der Waals surface area contributed by atoms with Crippen molar-refractivity contribution in [1.82, 2.24) is 25.1 Å². The molecule has 0 saturated carbocycles. The summed E-state index contributed by atoms with van der Waals surface area (Å²) >= 11 is 0. The van der Waals surface area contributed by atoms with Crippen molar-refractivity contribution in [2.45, 2.75) is 24.9 Å². The number of aryl methyl sites for hydroxylation is 1. The van der Waals surface area contributed by atoms with Crippen LogP contribution in [0.2, 0.25) is 0 Å². The van der Waals surface area contributed by atoms with Crippen LogP contribution in [-0.4, -0.2) is 37.9 Å². The summed E-state index contributed by atoms with van der Waals surface area (Å²) in [5.74, 6) is 2.91. The van der Waals surface area contributed by atoms with Crippen molar-refractivity contribution in [3.63, 3.8) is 0 Å². The van der Waals surface area contributed by atoms with Crippen LogP contribution < -0.4 is 5.32 Å². The Hall–Kier alpha value is -3.08. The molecule has 1 aliphatic rings. The molecule has 0 bridgehead atoms. The van der Waals surface area contributed by atoms with E-state index in [4.69, 9.17) is 6.42 Å². The van der Waals surface area contributed by atoms with Gasteiger partial charge in [-0.05, 0) is 12.1 Å². The van der Waals surface area contributed by atoms with Crippen molar-refractivity contribution < 1.29 is 4.79 Å². The molecule has 2 aromatic rings. The van der Waals surface area contributed by atoms with Crippen molar-refractivity contribution in [2.75, 3.05) is 6.54 Å². The van der Waals surface area contributed by atoms with E-state index in [1.807, 2.05) is 0 Å². The fraction of sp³-hybridized carbons (Fsp3) is 0.375. The first-order valence-electron chi connectivity index (χ1n) is 7.60. The SMILES string of the molecule is C#CCCC1(CCNC(=O)c2cccnc2-c2nncn2C)N=N1. The lowest BCUT2D eigenvalue weighted by molar-refractivity contribution is 0.0952. The van der Waals surface area contributed by atoms with Crippen LogP contribution in [0.4, 0.5) is 0 Å². The highest BCUT2D eigenvalue weighted by molar-refractivity contribution is 5.99. The van der Waals surface area contributed by atoms with Crippen LogP contribution in [0.5, 0.6) is 0 Å². The molecule has 0 saturated heterocycles. The Kier molecular flexibility index (Phi) is 4.33. The first-order chi connectivity index (χ1) is 11.7. The van der Waals surface area contributed by atoms with Gasteiger partial charge in [-0.3, -0.25) is 9.78 Å². The molecule has 0 fully saturated rings. The van der Waals surface area contributed by atoms with E-state index in [1.54, 1.807) is 36.3 Å². The van der Waals surface area contributed by atoms with Crippen molar-refractivity contribution >= 4 is 5.91 Å². The van der Waals surface area contributed by atoms with Gasteiger partial charge >= 0.3 is 0 Å². The molecule has 8 heteroatoms. The lowest BCUT2D eigenvalue weighted by atomic mass is 10.0. The molecule has 1 aliphatic heterocycles. The van der Waals surface area contributed by atoms with Gasteiger partial charge in [0.1, 0.15) is 12.0 Å². The second kappa shape index (κ2) is 6.58. The Morgan fingerprint density at radius 2 is 2.25 bits per heavy atom.